The van der Waals surface area contributed by atoms with Crippen molar-refractivity contribution in [3.8, 4) is 0 Å². The van der Waals surface area contributed by atoms with Crippen LogP contribution in [0.15, 0.2) is 0 Å². The predicted octanol–water partition coefficient (Wildman–Crippen LogP) is 0.830. The maximum atomic E-state index is 9.84. The van der Waals surface area contributed by atoms with Crippen LogP contribution in [0.3, 0.4) is 0 Å². The molecule has 0 heterocycles. The lowest BCUT2D eigenvalue weighted by atomic mass is 10.2. The molecule has 0 radical (unpaired) electrons. The summed E-state index contributed by atoms with van der Waals surface area (Å²) in [5.74, 6) is 0.888. The summed E-state index contributed by atoms with van der Waals surface area (Å²) in [5, 5.41) is 13.2. The molecule has 0 aliphatic heterocycles. The molecule has 2 aliphatic carbocycles. The zero-order valence-corrected chi connectivity index (χ0v) is 9.95. The van der Waals surface area contributed by atoms with E-state index >= 15 is 0 Å². The largest absolute Gasteiger partial charge is 0.390 e. The molecule has 0 bridgehead atoms. The van der Waals surface area contributed by atoms with Gasteiger partial charge in [-0.15, -0.1) is 0 Å². The number of nitrogens with one attached hydrogen (secondary N) is 1. The first kappa shape index (κ1) is 11.4. The second kappa shape index (κ2) is 4.81. The third-order valence-corrected chi connectivity index (χ3v) is 3.72. The van der Waals surface area contributed by atoms with Crippen LogP contribution in [0, 0.1) is 5.92 Å². The SMILES string of the molecule is CC(C1CC1)N(C)CC(O)CNC1CC1. The number of hydrogen-bond acceptors (Lipinski definition) is 3. The van der Waals surface area contributed by atoms with E-state index < -0.39 is 0 Å². The smallest absolute Gasteiger partial charge is 0.0791 e. The van der Waals surface area contributed by atoms with E-state index in [0.29, 0.717) is 12.1 Å². The summed E-state index contributed by atoms with van der Waals surface area (Å²) in [4.78, 5) is 2.30. The highest BCUT2D eigenvalue weighted by molar-refractivity contribution is 4.86. The Morgan fingerprint density at radius 3 is 2.53 bits per heavy atom. The van der Waals surface area contributed by atoms with Crippen molar-refractivity contribution in [1.82, 2.24) is 10.2 Å². The second-order valence-electron chi connectivity index (χ2n) is 5.35. The van der Waals surface area contributed by atoms with Crippen LogP contribution in [-0.4, -0.2) is 48.3 Å². The van der Waals surface area contributed by atoms with Crippen molar-refractivity contribution >= 4 is 0 Å². The molecule has 0 aromatic carbocycles. The Balaban J connectivity index is 1.60. The van der Waals surface area contributed by atoms with Gasteiger partial charge in [-0.2, -0.15) is 0 Å². The Morgan fingerprint density at radius 1 is 1.33 bits per heavy atom. The first-order valence-corrected chi connectivity index (χ1v) is 6.28. The molecule has 88 valence electrons. The summed E-state index contributed by atoms with van der Waals surface area (Å²) >= 11 is 0. The lowest BCUT2D eigenvalue weighted by molar-refractivity contribution is 0.101. The van der Waals surface area contributed by atoms with Crippen LogP contribution in [0.5, 0.6) is 0 Å². The summed E-state index contributed by atoms with van der Waals surface area (Å²) in [6.45, 7) is 3.84. The Labute approximate surface area is 92.8 Å². The molecular weight excluding hydrogens is 188 g/mol. The first-order chi connectivity index (χ1) is 7.16. The zero-order chi connectivity index (χ0) is 10.8. The van der Waals surface area contributed by atoms with Crippen LogP contribution in [0.4, 0.5) is 0 Å². The van der Waals surface area contributed by atoms with E-state index in [9.17, 15) is 5.11 Å². The third kappa shape index (κ3) is 3.74. The predicted molar refractivity (Wildman–Crippen MR) is 61.8 cm³/mol. The van der Waals surface area contributed by atoms with Gasteiger partial charge in [0.15, 0.2) is 0 Å². The zero-order valence-electron chi connectivity index (χ0n) is 9.95. The Bertz CT molecular complexity index is 202. The van der Waals surface area contributed by atoms with Crippen molar-refractivity contribution in [2.45, 2.75) is 50.8 Å². The highest BCUT2D eigenvalue weighted by atomic mass is 16.3. The summed E-state index contributed by atoms with van der Waals surface area (Å²) in [6.07, 6.45) is 5.13. The molecule has 2 unspecified atom stereocenters. The van der Waals surface area contributed by atoms with Gasteiger partial charge in [0.2, 0.25) is 0 Å². The van der Waals surface area contributed by atoms with Gasteiger partial charge in [0.25, 0.3) is 0 Å². The molecule has 2 aliphatic rings. The van der Waals surface area contributed by atoms with Gasteiger partial charge in [0, 0.05) is 25.2 Å². The molecule has 0 spiro atoms. The third-order valence-electron chi connectivity index (χ3n) is 3.72. The van der Waals surface area contributed by atoms with Crippen molar-refractivity contribution in [3.63, 3.8) is 0 Å². The highest BCUT2D eigenvalue weighted by Gasteiger charge is 2.31. The fourth-order valence-electron chi connectivity index (χ4n) is 2.09. The maximum absolute atomic E-state index is 9.84. The molecule has 2 atom stereocenters. The van der Waals surface area contributed by atoms with E-state index in [0.717, 1.165) is 19.0 Å². The molecule has 0 amide bonds. The molecule has 3 heteroatoms. The fourth-order valence-corrected chi connectivity index (χ4v) is 2.09. The lowest BCUT2D eigenvalue weighted by Crippen LogP contribution is -2.41. The highest BCUT2D eigenvalue weighted by Crippen LogP contribution is 2.34. The minimum Gasteiger partial charge on any atom is -0.390 e. The average molecular weight is 212 g/mol. The topological polar surface area (TPSA) is 35.5 Å². The van der Waals surface area contributed by atoms with Gasteiger partial charge in [0.1, 0.15) is 0 Å². The number of aliphatic hydroxyl groups is 1. The number of rotatable bonds is 7. The van der Waals surface area contributed by atoms with Crippen molar-refractivity contribution in [2.75, 3.05) is 20.1 Å². The Morgan fingerprint density at radius 2 is 2.00 bits per heavy atom. The molecule has 2 fully saturated rings. The van der Waals surface area contributed by atoms with Crippen LogP contribution in [-0.2, 0) is 0 Å². The molecule has 0 saturated heterocycles. The van der Waals surface area contributed by atoms with E-state index in [2.05, 4.69) is 24.2 Å². The molecular formula is C12H24N2O. The normalized spacial score (nSPS) is 25.6. The molecule has 2 N–H and O–H groups in total. The van der Waals surface area contributed by atoms with E-state index in [4.69, 9.17) is 0 Å². The molecule has 0 aromatic rings. The molecule has 15 heavy (non-hydrogen) atoms. The van der Waals surface area contributed by atoms with Crippen LogP contribution in [0.2, 0.25) is 0 Å². The molecule has 2 saturated carbocycles. The van der Waals surface area contributed by atoms with Crippen LogP contribution < -0.4 is 5.32 Å². The van der Waals surface area contributed by atoms with E-state index in [1.165, 1.54) is 25.7 Å². The molecule has 0 aromatic heterocycles. The first-order valence-electron chi connectivity index (χ1n) is 6.28. The van der Waals surface area contributed by atoms with Crippen LogP contribution >= 0.6 is 0 Å². The molecule has 3 nitrogen and oxygen atoms in total. The lowest BCUT2D eigenvalue weighted by Gasteiger charge is -2.27. The number of hydrogen-bond donors (Lipinski definition) is 2. The monoisotopic (exact) mass is 212 g/mol. The van der Waals surface area contributed by atoms with Gasteiger partial charge in [-0.05, 0) is 45.6 Å². The van der Waals surface area contributed by atoms with Crippen molar-refractivity contribution in [1.29, 1.82) is 0 Å². The van der Waals surface area contributed by atoms with Gasteiger partial charge >= 0.3 is 0 Å². The number of likely N-dealkylation sites (N-methyl/N-ethyl adjacent to an activating group) is 1. The Kier molecular flexibility index (Phi) is 3.65. The van der Waals surface area contributed by atoms with Gasteiger partial charge in [-0.3, -0.25) is 0 Å². The second-order valence-corrected chi connectivity index (χ2v) is 5.35. The van der Waals surface area contributed by atoms with Crippen LogP contribution in [0.25, 0.3) is 0 Å². The van der Waals surface area contributed by atoms with E-state index in [-0.39, 0.29) is 6.10 Å². The van der Waals surface area contributed by atoms with E-state index in [1.54, 1.807) is 0 Å². The number of aliphatic hydroxyl groups excluding tert-OH is 1. The van der Waals surface area contributed by atoms with Crippen molar-refractivity contribution in [3.05, 3.63) is 0 Å². The molecule has 2 rings (SSSR count). The Hall–Kier alpha value is -0.120. The van der Waals surface area contributed by atoms with Gasteiger partial charge in [-0.1, -0.05) is 0 Å². The van der Waals surface area contributed by atoms with Gasteiger partial charge in [-0.25, -0.2) is 0 Å². The summed E-state index contributed by atoms with van der Waals surface area (Å²) in [6, 6.07) is 1.34. The minimum absolute atomic E-state index is 0.211. The quantitative estimate of drug-likeness (QED) is 0.656. The summed E-state index contributed by atoms with van der Waals surface area (Å²) in [5.41, 5.74) is 0. The fraction of sp³-hybridized carbons (Fsp3) is 1.00. The summed E-state index contributed by atoms with van der Waals surface area (Å²) < 4.78 is 0. The van der Waals surface area contributed by atoms with E-state index in [1.807, 2.05) is 0 Å². The van der Waals surface area contributed by atoms with Crippen LogP contribution in [0.1, 0.15) is 32.6 Å². The van der Waals surface area contributed by atoms with Gasteiger partial charge < -0.3 is 15.3 Å². The maximum Gasteiger partial charge on any atom is 0.0791 e. The average Bonchev–Trinajstić information content (AvgIpc) is 3.02. The van der Waals surface area contributed by atoms with Crippen molar-refractivity contribution in [2.24, 2.45) is 5.92 Å². The van der Waals surface area contributed by atoms with Crippen molar-refractivity contribution < 1.29 is 5.11 Å². The standard InChI is InChI=1S/C12H24N2O/c1-9(10-3-4-10)14(2)8-12(15)7-13-11-5-6-11/h9-13,15H,3-8H2,1-2H3. The minimum atomic E-state index is -0.211. The number of nitrogens with zero attached hydrogens (tertiary/aromatic N) is 1. The van der Waals surface area contributed by atoms with Gasteiger partial charge in [0.05, 0.1) is 6.10 Å². The summed E-state index contributed by atoms with van der Waals surface area (Å²) in [7, 11) is 2.13.